The van der Waals surface area contributed by atoms with E-state index in [-0.39, 0.29) is 5.91 Å². The minimum absolute atomic E-state index is 0.130. The van der Waals surface area contributed by atoms with Gasteiger partial charge >= 0.3 is 0 Å². The lowest BCUT2D eigenvalue weighted by Crippen LogP contribution is -2.30. The van der Waals surface area contributed by atoms with Crippen LogP contribution < -0.4 is 4.90 Å². The van der Waals surface area contributed by atoms with Crippen molar-refractivity contribution in [2.24, 2.45) is 0 Å². The van der Waals surface area contributed by atoms with Crippen LogP contribution in [0, 0.1) is 13.8 Å². The Balaban J connectivity index is 1.51. The van der Waals surface area contributed by atoms with Crippen molar-refractivity contribution in [3.63, 3.8) is 0 Å². The highest BCUT2D eigenvalue weighted by Gasteiger charge is 2.30. The first-order valence-corrected chi connectivity index (χ1v) is 11.4. The molecule has 0 bridgehead atoms. The number of carbonyl (C=O) groups is 1. The van der Waals surface area contributed by atoms with Crippen molar-refractivity contribution in [2.45, 2.75) is 31.2 Å². The average Bonchev–Trinajstić information content (AvgIpc) is 3.42. The molecule has 1 amide bonds. The third-order valence-electron chi connectivity index (χ3n) is 5.40. The third kappa shape index (κ3) is 3.89. The van der Waals surface area contributed by atoms with E-state index in [0.717, 1.165) is 34.9 Å². The van der Waals surface area contributed by atoms with Crippen LogP contribution in [0.2, 0.25) is 0 Å². The molecule has 160 valence electrons. The summed E-state index contributed by atoms with van der Waals surface area (Å²) < 4.78 is 1.74. The average molecular weight is 443 g/mol. The third-order valence-corrected chi connectivity index (χ3v) is 6.26. The van der Waals surface area contributed by atoms with E-state index >= 15 is 0 Å². The molecule has 0 atom stereocenters. The summed E-state index contributed by atoms with van der Waals surface area (Å²) in [5.74, 6) is 0.343. The predicted octanol–water partition coefficient (Wildman–Crippen LogP) is 4.17. The van der Waals surface area contributed by atoms with Crippen molar-refractivity contribution in [1.82, 2.24) is 25.0 Å². The maximum absolute atomic E-state index is 13.6. The largest absolute Gasteiger partial charge is 0.306 e. The number of hydrogen-bond donors (Lipinski definition) is 0. The van der Waals surface area contributed by atoms with Gasteiger partial charge in [0, 0.05) is 29.4 Å². The fourth-order valence-corrected chi connectivity index (χ4v) is 4.88. The second-order valence-corrected chi connectivity index (χ2v) is 8.63. The minimum Gasteiger partial charge on any atom is -0.306 e. The molecule has 0 N–H and O–H groups in total. The Labute approximate surface area is 190 Å². The van der Waals surface area contributed by atoms with Crippen LogP contribution in [0.15, 0.2) is 65.8 Å². The Morgan fingerprint density at radius 1 is 1.00 bits per heavy atom. The SMILES string of the molecule is Cc1cc(C)nc(SCc2c(C(=O)N3CCc4ccccc43)nnn2-c2ccccc2)n1. The van der Waals surface area contributed by atoms with Gasteiger partial charge < -0.3 is 4.90 Å². The molecule has 0 saturated carbocycles. The first-order valence-electron chi connectivity index (χ1n) is 10.4. The second-order valence-electron chi connectivity index (χ2n) is 7.69. The van der Waals surface area contributed by atoms with Gasteiger partial charge in [0.25, 0.3) is 5.91 Å². The molecule has 3 heterocycles. The number of aryl methyl sites for hydroxylation is 2. The van der Waals surface area contributed by atoms with Crippen LogP contribution in [0.25, 0.3) is 5.69 Å². The van der Waals surface area contributed by atoms with Crippen LogP contribution in [0.5, 0.6) is 0 Å². The van der Waals surface area contributed by atoms with Crippen LogP contribution >= 0.6 is 11.8 Å². The zero-order chi connectivity index (χ0) is 22.1. The zero-order valence-corrected chi connectivity index (χ0v) is 18.7. The lowest BCUT2D eigenvalue weighted by atomic mass is 10.2. The molecule has 8 heteroatoms. The molecule has 0 fully saturated rings. The molecule has 7 nitrogen and oxygen atoms in total. The normalized spacial score (nSPS) is 12.8. The van der Waals surface area contributed by atoms with Gasteiger partial charge in [0.05, 0.1) is 11.4 Å². The fraction of sp³-hybridized carbons (Fsp3) is 0.208. The number of rotatable bonds is 5. The van der Waals surface area contributed by atoms with E-state index < -0.39 is 0 Å². The second kappa shape index (κ2) is 8.55. The molecule has 0 saturated heterocycles. The number of benzene rings is 2. The lowest BCUT2D eigenvalue weighted by molar-refractivity contribution is 0.0984. The highest BCUT2D eigenvalue weighted by molar-refractivity contribution is 7.98. The molecule has 5 rings (SSSR count). The van der Waals surface area contributed by atoms with Gasteiger partial charge in [-0.05, 0) is 50.1 Å². The smallest absolute Gasteiger partial charge is 0.280 e. The topological polar surface area (TPSA) is 76.8 Å². The zero-order valence-electron chi connectivity index (χ0n) is 17.9. The van der Waals surface area contributed by atoms with Crippen molar-refractivity contribution in [1.29, 1.82) is 0 Å². The number of amides is 1. The Bertz CT molecular complexity index is 1270. The maximum atomic E-state index is 13.6. The Kier molecular flexibility index (Phi) is 5.45. The quantitative estimate of drug-likeness (QED) is 0.341. The molecular weight excluding hydrogens is 420 g/mol. The van der Waals surface area contributed by atoms with Gasteiger partial charge in [0.1, 0.15) is 0 Å². The summed E-state index contributed by atoms with van der Waals surface area (Å²) in [7, 11) is 0. The monoisotopic (exact) mass is 442 g/mol. The van der Waals surface area contributed by atoms with E-state index in [1.54, 1.807) is 9.58 Å². The van der Waals surface area contributed by atoms with Crippen LogP contribution in [0.3, 0.4) is 0 Å². The maximum Gasteiger partial charge on any atom is 0.280 e. The summed E-state index contributed by atoms with van der Waals surface area (Å²) in [6, 6.07) is 19.7. The lowest BCUT2D eigenvalue weighted by Gasteiger charge is -2.17. The molecular formula is C24H22N6OS. The summed E-state index contributed by atoms with van der Waals surface area (Å²) in [6.45, 7) is 4.55. The van der Waals surface area contributed by atoms with Crippen molar-refractivity contribution in [3.05, 3.63) is 89.0 Å². The molecule has 1 aliphatic heterocycles. The molecule has 4 aromatic rings. The van der Waals surface area contributed by atoms with Gasteiger partial charge in [-0.1, -0.05) is 53.4 Å². The first kappa shape index (κ1) is 20.4. The highest BCUT2D eigenvalue weighted by atomic mass is 32.2. The number of para-hydroxylation sites is 2. The van der Waals surface area contributed by atoms with Gasteiger partial charge in [-0.25, -0.2) is 14.6 Å². The van der Waals surface area contributed by atoms with Gasteiger partial charge in [-0.15, -0.1) is 5.10 Å². The summed E-state index contributed by atoms with van der Waals surface area (Å²) in [6.07, 6.45) is 0.842. The number of anilines is 1. The van der Waals surface area contributed by atoms with Crippen molar-refractivity contribution < 1.29 is 4.79 Å². The minimum atomic E-state index is -0.130. The predicted molar refractivity (Wildman–Crippen MR) is 124 cm³/mol. The van der Waals surface area contributed by atoms with E-state index in [4.69, 9.17) is 0 Å². The fourth-order valence-electron chi connectivity index (χ4n) is 3.94. The number of nitrogens with zero attached hydrogens (tertiary/aromatic N) is 6. The van der Waals surface area contributed by atoms with Crippen molar-refractivity contribution >= 4 is 23.4 Å². The van der Waals surface area contributed by atoms with Gasteiger partial charge in [-0.2, -0.15) is 0 Å². The Hall–Kier alpha value is -3.52. The van der Waals surface area contributed by atoms with Gasteiger partial charge in [0.15, 0.2) is 10.9 Å². The first-order chi connectivity index (χ1) is 15.6. The van der Waals surface area contributed by atoms with E-state index in [0.29, 0.717) is 23.1 Å². The Morgan fingerprint density at radius 3 is 2.50 bits per heavy atom. The molecule has 2 aromatic heterocycles. The number of hydrogen-bond acceptors (Lipinski definition) is 6. The number of carbonyl (C=O) groups excluding carboxylic acids is 1. The molecule has 1 aliphatic rings. The molecule has 2 aromatic carbocycles. The van der Waals surface area contributed by atoms with Crippen LogP contribution in [-0.4, -0.2) is 37.4 Å². The molecule has 0 radical (unpaired) electrons. The van der Waals surface area contributed by atoms with E-state index in [1.807, 2.05) is 68.4 Å². The standard InChI is InChI=1S/C24H22N6OS/c1-16-14-17(2)26-24(25-16)32-15-21-22(27-28-30(21)19-9-4-3-5-10-19)23(31)29-13-12-18-8-6-7-11-20(18)29/h3-11,14H,12-13,15H2,1-2H3. The number of fused-ring (bicyclic) bond motifs is 1. The molecule has 0 unspecified atom stereocenters. The van der Waals surface area contributed by atoms with Crippen LogP contribution in [0.1, 0.15) is 33.1 Å². The molecule has 0 aliphatic carbocycles. The molecule has 32 heavy (non-hydrogen) atoms. The van der Waals surface area contributed by atoms with Gasteiger partial charge in [-0.3, -0.25) is 4.79 Å². The number of thioether (sulfide) groups is 1. The van der Waals surface area contributed by atoms with E-state index in [1.165, 1.54) is 17.3 Å². The van der Waals surface area contributed by atoms with E-state index in [9.17, 15) is 4.79 Å². The number of aromatic nitrogens is 5. The van der Waals surface area contributed by atoms with Crippen LogP contribution in [-0.2, 0) is 12.2 Å². The van der Waals surface area contributed by atoms with E-state index in [2.05, 4.69) is 26.3 Å². The summed E-state index contributed by atoms with van der Waals surface area (Å²) in [5, 5.41) is 9.35. The van der Waals surface area contributed by atoms with Crippen molar-refractivity contribution in [3.8, 4) is 5.69 Å². The van der Waals surface area contributed by atoms with Gasteiger partial charge in [0.2, 0.25) is 0 Å². The summed E-state index contributed by atoms with van der Waals surface area (Å²) in [5.41, 5.74) is 5.91. The van der Waals surface area contributed by atoms with Crippen LogP contribution in [0.4, 0.5) is 5.69 Å². The Morgan fingerprint density at radius 2 is 1.72 bits per heavy atom. The molecule has 0 spiro atoms. The summed E-state index contributed by atoms with van der Waals surface area (Å²) >= 11 is 1.48. The summed E-state index contributed by atoms with van der Waals surface area (Å²) in [4.78, 5) is 24.4. The van der Waals surface area contributed by atoms with Crippen molar-refractivity contribution in [2.75, 3.05) is 11.4 Å². The highest BCUT2D eigenvalue weighted by Crippen LogP contribution is 2.30.